The first-order chi connectivity index (χ1) is 9.62. The second-order valence-electron chi connectivity index (χ2n) is 5.34. The zero-order chi connectivity index (χ0) is 15.0. The summed E-state index contributed by atoms with van der Waals surface area (Å²) in [5.41, 5.74) is 8.40. The third-order valence-corrected chi connectivity index (χ3v) is 3.96. The number of hydrogen-bond acceptors (Lipinski definition) is 3. The van der Waals surface area contributed by atoms with Gasteiger partial charge in [0.15, 0.2) is 0 Å². The second-order valence-corrected chi connectivity index (χ2v) is 5.34. The van der Waals surface area contributed by atoms with E-state index >= 15 is 0 Å². The fourth-order valence-corrected chi connectivity index (χ4v) is 2.48. The zero-order valence-electron chi connectivity index (χ0n) is 13.6. The van der Waals surface area contributed by atoms with Crippen LogP contribution in [0.2, 0.25) is 0 Å². The molecule has 0 bridgehead atoms. The van der Waals surface area contributed by atoms with Gasteiger partial charge in [-0.2, -0.15) is 0 Å². The summed E-state index contributed by atoms with van der Waals surface area (Å²) in [4.78, 5) is 4.92. The van der Waals surface area contributed by atoms with Gasteiger partial charge in [-0.1, -0.05) is 26.0 Å². The second kappa shape index (κ2) is 8.98. The van der Waals surface area contributed by atoms with Crippen molar-refractivity contribution in [1.29, 1.82) is 0 Å². The summed E-state index contributed by atoms with van der Waals surface area (Å²) in [5.74, 6) is 0. The van der Waals surface area contributed by atoms with E-state index in [4.69, 9.17) is 5.73 Å². The molecule has 0 aromatic heterocycles. The standard InChI is InChI=1S/C17H31N3/c1-5-19(6-2)13-8-14-20(7-3)17-11-9-16(10-12-17)15(4)18/h9-12,15H,5-8,13-14,18H2,1-4H3/t15-/m0/s1. The molecule has 0 unspecified atom stereocenters. The van der Waals surface area contributed by atoms with Crippen molar-refractivity contribution in [1.82, 2.24) is 4.90 Å². The van der Waals surface area contributed by atoms with Gasteiger partial charge in [0.25, 0.3) is 0 Å². The van der Waals surface area contributed by atoms with Crippen molar-refractivity contribution in [3.63, 3.8) is 0 Å². The van der Waals surface area contributed by atoms with Crippen molar-refractivity contribution in [2.75, 3.05) is 37.6 Å². The number of anilines is 1. The van der Waals surface area contributed by atoms with E-state index in [0.29, 0.717) is 0 Å². The van der Waals surface area contributed by atoms with Crippen LogP contribution in [-0.2, 0) is 0 Å². The van der Waals surface area contributed by atoms with Crippen LogP contribution < -0.4 is 10.6 Å². The van der Waals surface area contributed by atoms with Gasteiger partial charge >= 0.3 is 0 Å². The van der Waals surface area contributed by atoms with Gasteiger partial charge in [-0.3, -0.25) is 0 Å². The molecule has 114 valence electrons. The first-order valence-electron chi connectivity index (χ1n) is 7.95. The predicted molar refractivity (Wildman–Crippen MR) is 89.3 cm³/mol. The Morgan fingerprint density at radius 2 is 1.55 bits per heavy atom. The summed E-state index contributed by atoms with van der Waals surface area (Å²) in [6.07, 6.45) is 1.21. The molecule has 3 nitrogen and oxygen atoms in total. The van der Waals surface area contributed by atoms with Crippen molar-refractivity contribution >= 4 is 5.69 Å². The Hall–Kier alpha value is -1.06. The summed E-state index contributed by atoms with van der Waals surface area (Å²) in [5, 5.41) is 0. The minimum atomic E-state index is 0.113. The maximum absolute atomic E-state index is 5.90. The van der Waals surface area contributed by atoms with E-state index in [1.165, 1.54) is 24.2 Å². The Bertz CT molecular complexity index is 355. The maximum Gasteiger partial charge on any atom is 0.0366 e. The van der Waals surface area contributed by atoms with Crippen LogP contribution in [0, 0.1) is 0 Å². The van der Waals surface area contributed by atoms with Gasteiger partial charge in [0, 0.05) is 24.8 Å². The third kappa shape index (κ3) is 5.14. The molecule has 0 fully saturated rings. The highest BCUT2D eigenvalue weighted by Crippen LogP contribution is 2.18. The zero-order valence-corrected chi connectivity index (χ0v) is 13.6. The molecule has 0 aliphatic carbocycles. The van der Waals surface area contributed by atoms with E-state index in [2.05, 4.69) is 54.8 Å². The van der Waals surface area contributed by atoms with Gasteiger partial charge in [-0.15, -0.1) is 0 Å². The van der Waals surface area contributed by atoms with Gasteiger partial charge in [-0.25, -0.2) is 0 Å². The predicted octanol–water partition coefficient (Wildman–Crippen LogP) is 3.26. The van der Waals surface area contributed by atoms with Crippen molar-refractivity contribution < 1.29 is 0 Å². The van der Waals surface area contributed by atoms with E-state index < -0.39 is 0 Å². The molecule has 0 saturated heterocycles. The number of hydrogen-bond donors (Lipinski definition) is 1. The quantitative estimate of drug-likeness (QED) is 0.752. The fraction of sp³-hybridized carbons (Fsp3) is 0.647. The average molecular weight is 277 g/mol. The lowest BCUT2D eigenvalue weighted by Crippen LogP contribution is -2.30. The first-order valence-corrected chi connectivity index (χ1v) is 7.95. The SMILES string of the molecule is CCN(CC)CCCN(CC)c1ccc([C@H](C)N)cc1. The van der Waals surface area contributed by atoms with Crippen molar-refractivity contribution in [2.24, 2.45) is 5.73 Å². The molecule has 0 saturated carbocycles. The lowest BCUT2D eigenvalue weighted by atomic mass is 10.1. The molecule has 0 spiro atoms. The Morgan fingerprint density at radius 1 is 0.950 bits per heavy atom. The molecule has 0 aliphatic heterocycles. The van der Waals surface area contributed by atoms with Crippen molar-refractivity contribution in [2.45, 2.75) is 40.2 Å². The molecular formula is C17H31N3. The molecule has 1 aromatic rings. The van der Waals surface area contributed by atoms with Gasteiger partial charge in [0.05, 0.1) is 0 Å². The van der Waals surface area contributed by atoms with Crippen LogP contribution in [0.25, 0.3) is 0 Å². The lowest BCUT2D eigenvalue weighted by Gasteiger charge is -2.25. The van der Waals surface area contributed by atoms with E-state index in [0.717, 1.165) is 26.2 Å². The largest absolute Gasteiger partial charge is 0.372 e. The fourth-order valence-electron chi connectivity index (χ4n) is 2.48. The molecule has 1 rings (SSSR count). The van der Waals surface area contributed by atoms with Crippen LogP contribution in [0.3, 0.4) is 0 Å². The average Bonchev–Trinajstić information content (AvgIpc) is 2.48. The molecule has 0 amide bonds. The van der Waals surface area contributed by atoms with Gasteiger partial charge in [-0.05, 0) is 57.6 Å². The highest BCUT2D eigenvalue weighted by molar-refractivity contribution is 5.47. The highest BCUT2D eigenvalue weighted by atomic mass is 15.1. The summed E-state index contributed by atoms with van der Waals surface area (Å²) in [6, 6.07) is 8.79. The maximum atomic E-state index is 5.90. The number of nitrogens with zero attached hydrogens (tertiary/aromatic N) is 2. The molecule has 0 aliphatic rings. The molecule has 2 N–H and O–H groups in total. The molecular weight excluding hydrogens is 246 g/mol. The molecule has 0 radical (unpaired) electrons. The van der Waals surface area contributed by atoms with Crippen LogP contribution >= 0.6 is 0 Å². The highest BCUT2D eigenvalue weighted by Gasteiger charge is 2.06. The first kappa shape index (κ1) is 17.0. The topological polar surface area (TPSA) is 32.5 Å². The third-order valence-electron chi connectivity index (χ3n) is 3.96. The number of nitrogens with two attached hydrogens (primary N) is 1. The van der Waals surface area contributed by atoms with Crippen LogP contribution in [0.1, 0.15) is 45.7 Å². The molecule has 3 heteroatoms. The van der Waals surface area contributed by atoms with Crippen LogP contribution in [-0.4, -0.2) is 37.6 Å². The molecule has 20 heavy (non-hydrogen) atoms. The smallest absolute Gasteiger partial charge is 0.0366 e. The Kier molecular flexibility index (Phi) is 7.63. The molecule has 1 aromatic carbocycles. The van der Waals surface area contributed by atoms with E-state index in [1.807, 2.05) is 6.92 Å². The van der Waals surface area contributed by atoms with Crippen LogP contribution in [0.4, 0.5) is 5.69 Å². The lowest BCUT2D eigenvalue weighted by molar-refractivity contribution is 0.301. The Labute approximate surface area is 124 Å². The van der Waals surface area contributed by atoms with Gasteiger partial charge < -0.3 is 15.5 Å². The van der Waals surface area contributed by atoms with Crippen LogP contribution in [0.5, 0.6) is 0 Å². The Balaban J connectivity index is 2.53. The van der Waals surface area contributed by atoms with E-state index in [9.17, 15) is 0 Å². The Morgan fingerprint density at radius 3 is 2.00 bits per heavy atom. The molecule has 0 heterocycles. The normalized spacial score (nSPS) is 12.7. The summed E-state index contributed by atoms with van der Waals surface area (Å²) >= 11 is 0. The van der Waals surface area contributed by atoms with Gasteiger partial charge in [0.2, 0.25) is 0 Å². The van der Waals surface area contributed by atoms with Crippen molar-refractivity contribution in [3.05, 3.63) is 29.8 Å². The number of rotatable bonds is 9. The monoisotopic (exact) mass is 277 g/mol. The number of benzene rings is 1. The minimum Gasteiger partial charge on any atom is -0.372 e. The summed E-state index contributed by atoms with van der Waals surface area (Å²) < 4.78 is 0. The van der Waals surface area contributed by atoms with Crippen LogP contribution in [0.15, 0.2) is 24.3 Å². The van der Waals surface area contributed by atoms with E-state index in [1.54, 1.807) is 0 Å². The van der Waals surface area contributed by atoms with E-state index in [-0.39, 0.29) is 6.04 Å². The van der Waals surface area contributed by atoms with Gasteiger partial charge in [0.1, 0.15) is 0 Å². The van der Waals surface area contributed by atoms with Crippen molar-refractivity contribution in [3.8, 4) is 0 Å². The summed E-state index contributed by atoms with van der Waals surface area (Å²) in [7, 11) is 0. The molecule has 1 atom stereocenters. The summed E-state index contributed by atoms with van der Waals surface area (Å²) in [6.45, 7) is 14.3. The minimum absolute atomic E-state index is 0.113.